The molecule has 2 N–H and O–H groups in total. The monoisotopic (exact) mass is 378 g/mol. The third-order valence-corrected chi connectivity index (χ3v) is 5.19. The molecule has 0 spiro atoms. The molecule has 2 rings (SSSR count). The maximum atomic E-state index is 12.7. The highest BCUT2D eigenvalue weighted by molar-refractivity contribution is 5.85. The number of rotatable bonds is 4. The number of hydrogen-bond acceptors (Lipinski definition) is 3. The number of carbonyl (C=O) groups excluding carboxylic acids is 1. The SMILES string of the molecule is Cc1nn(C)c(C)c1CC(C)C(=O)N1CCC(C(C)N)CC1.Cl.Cl. The van der Waals surface area contributed by atoms with E-state index in [0.29, 0.717) is 5.92 Å². The summed E-state index contributed by atoms with van der Waals surface area (Å²) in [7, 11) is 1.96. The predicted molar refractivity (Wildman–Crippen MR) is 103 cm³/mol. The molecule has 5 nitrogen and oxygen atoms in total. The molecule has 1 aromatic heterocycles. The Morgan fingerprint density at radius 3 is 2.21 bits per heavy atom. The van der Waals surface area contributed by atoms with Crippen LogP contribution in [-0.4, -0.2) is 39.7 Å². The first kappa shape index (κ1) is 23.2. The first-order valence-corrected chi connectivity index (χ1v) is 8.34. The van der Waals surface area contributed by atoms with Crippen LogP contribution in [0.4, 0.5) is 0 Å². The quantitative estimate of drug-likeness (QED) is 0.875. The fourth-order valence-corrected chi connectivity index (χ4v) is 3.46. The maximum absolute atomic E-state index is 12.7. The zero-order valence-corrected chi connectivity index (χ0v) is 17.0. The molecular weight excluding hydrogens is 347 g/mol. The molecule has 0 aromatic carbocycles. The zero-order chi connectivity index (χ0) is 16.4. The lowest BCUT2D eigenvalue weighted by Gasteiger charge is -2.35. The minimum atomic E-state index is 0. The summed E-state index contributed by atoms with van der Waals surface area (Å²) in [5.41, 5.74) is 9.39. The van der Waals surface area contributed by atoms with Gasteiger partial charge in [-0.3, -0.25) is 9.48 Å². The van der Waals surface area contributed by atoms with Gasteiger partial charge >= 0.3 is 0 Å². The van der Waals surface area contributed by atoms with E-state index in [2.05, 4.69) is 18.9 Å². The molecule has 0 aliphatic carbocycles. The van der Waals surface area contributed by atoms with E-state index in [1.807, 2.05) is 30.5 Å². The molecule has 1 aliphatic heterocycles. The molecule has 1 aromatic rings. The first-order chi connectivity index (χ1) is 10.3. The van der Waals surface area contributed by atoms with Crippen LogP contribution in [0.3, 0.4) is 0 Å². The largest absolute Gasteiger partial charge is 0.342 e. The molecule has 1 saturated heterocycles. The van der Waals surface area contributed by atoms with Crippen LogP contribution in [0, 0.1) is 25.7 Å². The number of hydrogen-bond donors (Lipinski definition) is 1. The number of likely N-dealkylation sites (tertiary alicyclic amines) is 1. The summed E-state index contributed by atoms with van der Waals surface area (Å²) in [5, 5.41) is 4.44. The lowest BCUT2D eigenvalue weighted by Crippen LogP contribution is -2.44. The Bertz CT molecular complexity index is 537. The van der Waals surface area contributed by atoms with Gasteiger partial charge in [0.1, 0.15) is 0 Å². The van der Waals surface area contributed by atoms with Gasteiger partial charge in [0.25, 0.3) is 0 Å². The van der Waals surface area contributed by atoms with Crippen LogP contribution in [-0.2, 0) is 18.3 Å². The summed E-state index contributed by atoms with van der Waals surface area (Å²) in [6.45, 7) is 9.89. The molecule has 2 atom stereocenters. The molecule has 1 amide bonds. The molecule has 0 saturated carbocycles. The van der Waals surface area contributed by atoms with Crippen molar-refractivity contribution >= 4 is 30.7 Å². The van der Waals surface area contributed by atoms with Gasteiger partial charge in [-0.1, -0.05) is 6.92 Å². The topological polar surface area (TPSA) is 64.2 Å². The van der Waals surface area contributed by atoms with Gasteiger partial charge in [0.15, 0.2) is 0 Å². The Balaban J connectivity index is 0.00000264. The number of nitrogens with two attached hydrogens (primary N) is 1. The molecule has 2 heterocycles. The van der Waals surface area contributed by atoms with E-state index in [1.165, 1.54) is 5.56 Å². The Hall–Kier alpha value is -0.780. The van der Waals surface area contributed by atoms with Crippen LogP contribution >= 0.6 is 24.8 Å². The van der Waals surface area contributed by atoms with Gasteiger partial charge in [0, 0.05) is 37.8 Å². The Kier molecular flexibility index (Phi) is 9.32. The molecule has 2 unspecified atom stereocenters. The van der Waals surface area contributed by atoms with Crippen molar-refractivity contribution in [1.82, 2.24) is 14.7 Å². The van der Waals surface area contributed by atoms with Crippen molar-refractivity contribution in [1.29, 1.82) is 0 Å². The van der Waals surface area contributed by atoms with Crippen LogP contribution in [0.15, 0.2) is 0 Å². The summed E-state index contributed by atoms with van der Waals surface area (Å²) in [6, 6.07) is 0.232. The Morgan fingerprint density at radius 1 is 1.25 bits per heavy atom. The fourth-order valence-electron chi connectivity index (χ4n) is 3.46. The van der Waals surface area contributed by atoms with Crippen LogP contribution in [0.1, 0.15) is 43.6 Å². The third-order valence-electron chi connectivity index (χ3n) is 5.19. The van der Waals surface area contributed by atoms with Gasteiger partial charge < -0.3 is 10.6 Å². The van der Waals surface area contributed by atoms with Gasteiger partial charge in [0.05, 0.1) is 5.69 Å². The molecule has 0 bridgehead atoms. The number of carbonyl (C=O) groups is 1. The zero-order valence-electron chi connectivity index (χ0n) is 15.4. The van der Waals surface area contributed by atoms with Crippen LogP contribution in [0.2, 0.25) is 0 Å². The van der Waals surface area contributed by atoms with E-state index in [-0.39, 0.29) is 42.7 Å². The predicted octanol–water partition coefficient (Wildman–Crippen LogP) is 2.64. The fraction of sp³-hybridized carbons (Fsp3) is 0.765. The van der Waals surface area contributed by atoms with Crippen molar-refractivity contribution in [2.75, 3.05) is 13.1 Å². The lowest BCUT2D eigenvalue weighted by molar-refractivity contribution is -0.136. The lowest BCUT2D eigenvalue weighted by atomic mass is 9.90. The van der Waals surface area contributed by atoms with E-state index in [4.69, 9.17) is 5.73 Å². The normalized spacial score (nSPS) is 17.7. The molecule has 140 valence electrons. The first-order valence-electron chi connectivity index (χ1n) is 8.34. The second-order valence-electron chi connectivity index (χ2n) is 6.90. The van der Waals surface area contributed by atoms with Crippen molar-refractivity contribution < 1.29 is 4.79 Å². The molecule has 1 aliphatic rings. The molecule has 0 radical (unpaired) electrons. The van der Waals surface area contributed by atoms with Gasteiger partial charge in [-0.15, -0.1) is 24.8 Å². The van der Waals surface area contributed by atoms with E-state index in [0.717, 1.165) is 43.7 Å². The van der Waals surface area contributed by atoms with Crippen LogP contribution < -0.4 is 5.73 Å². The average molecular weight is 379 g/mol. The highest BCUT2D eigenvalue weighted by Crippen LogP contribution is 2.23. The molecule has 7 heteroatoms. The summed E-state index contributed by atoms with van der Waals surface area (Å²) in [6.07, 6.45) is 2.83. The van der Waals surface area contributed by atoms with Crippen LogP contribution in [0.5, 0.6) is 0 Å². The van der Waals surface area contributed by atoms with E-state index in [9.17, 15) is 4.79 Å². The highest BCUT2D eigenvalue weighted by atomic mass is 35.5. The number of aryl methyl sites for hydroxylation is 2. The van der Waals surface area contributed by atoms with Crippen molar-refractivity contribution in [3.63, 3.8) is 0 Å². The van der Waals surface area contributed by atoms with Crippen LogP contribution in [0.25, 0.3) is 0 Å². The van der Waals surface area contributed by atoms with Crippen molar-refractivity contribution in [3.8, 4) is 0 Å². The second-order valence-corrected chi connectivity index (χ2v) is 6.90. The van der Waals surface area contributed by atoms with E-state index in [1.54, 1.807) is 0 Å². The van der Waals surface area contributed by atoms with E-state index < -0.39 is 0 Å². The van der Waals surface area contributed by atoms with Gasteiger partial charge in [-0.2, -0.15) is 5.10 Å². The maximum Gasteiger partial charge on any atom is 0.225 e. The standard InChI is InChI=1S/C17H30N4O.2ClH/c1-11(10-16-13(3)19-20(5)14(16)4)17(22)21-8-6-15(7-9-21)12(2)18;;/h11-12,15H,6-10,18H2,1-5H3;2*1H. The smallest absolute Gasteiger partial charge is 0.225 e. The number of amides is 1. The van der Waals surface area contributed by atoms with Crippen molar-refractivity contribution in [2.24, 2.45) is 24.6 Å². The van der Waals surface area contributed by atoms with Crippen molar-refractivity contribution in [3.05, 3.63) is 17.0 Å². The second kappa shape index (κ2) is 9.64. The third kappa shape index (κ3) is 5.11. The van der Waals surface area contributed by atoms with Gasteiger partial charge in [-0.25, -0.2) is 0 Å². The number of halogens is 2. The Morgan fingerprint density at radius 2 is 1.79 bits per heavy atom. The highest BCUT2D eigenvalue weighted by Gasteiger charge is 2.28. The minimum Gasteiger partial charge on any atom is -0.342 e. The number of aromatic nitrogens is 2. The summed E-state index contributed by atoms with van der Waals surface area (Å²) >= 11 is 0. The molecular formula is C17H32Cl2N4O. The summed E-state index contributed by atoms with van der Waals surface area (Å²) < 4.78 is 1.90. The average Bonchev–Trinajstić information content (AvgIpc) is 2.73. The summed E-state index contributed by atoms with van der Waals surface area (Å²) in [5.74, 6) is 0.835. The minimum absolute atomic E-state index is 0. The van der Waals surface area contributed by atoms with Gasteiger partial charge in [0.2, 0.25) is 5.91 Å². The van der Waals surface area contributed by atoms with Gasteiger partial charge in [-0.05, 0) is 51.5 Å². The van der Waals surface area contributed by atoms with E-state index >= 15 is 0 Å². The molecule has 1 fully saturated rings. The van der Waals surface area contributed by atoms with Crippen molar-refractivity contribution in [2.45, 2.75) is 53.0 Å². The number of piperidine rings is 1. The number of nitrogens with zero attached hydrogens (tertiary/aromatic N) is 3. The Labute approximate surface area is 158 Å². The molecule has 24 heavy (non-hydrogen) atoms. The summed E-state index contributed by atoms with van der Waals surface area (Å²) in [4.78, 5) is 14.7.